The Kier molecular flexibility index (Phi) is 5.22. The second kappa shape index (κ2) is 6.45. The Morgan fingerprint density at radius 2 is 2.12 bits per heavy atom. The number of carbonyl (C=O) groups is 1. The van der Waals surface area contributed by atoms with E-state index >= 15 is 0 Å². The van der Waals surface area contributed by atoms with Gasteiger partial charge in [-0.25, -0.2) is 0 Å². The molecule has 0 bridgehead atoms. The van der Waals surface area contributed by atoms with Gasteiger partial charge in [0.25, 0.3) is 0 Å². The van der Waals surface area contributed by atoms with Crippen LogP contribution in [0.2, 0.25) is 0 Å². The van der Waals surface area contributed by atoms with Crippen molar-refractivity contribution in [2.24, 2.45) is 7.05 Å². The summed E-state index contributed by atoms with van der Waals surface area (Å²) in [7, 11) is 2.01. The van der Waals surface area contributed by atoms with E-state index in [0.717, 1.165) is 19.6 Å². The third-order valence-corrected chi connectivity index (χ3v) is 3.09. The van der Waals surface area contributed by atoms with Gasteiger partial charge < -0.3 is 14.8 Å². The van der Waals surface area contributed by atoms with Crippen LogP contribution in [0.25, 0.3) is 0 Å². The van der Waals surface area contributed by atoms with E-state index in [1.54, 1.807) is 0 Å². The molecule has 0 saturated carbocycles. The Labute approximate surface area is 104 Å². The maximum Gasteiger partial charge on any atom is 0.239 e. The van der Waals surface area contributed by atoms with E-state index in [-0.39, 0.29) is 11.9 Å². The number of likely N-dealkylation sites (N-methyl/N-ethyl adjacent to an activating group) is 1. The van der Waals surface area contributed by atoms with Crippen molar-refractivity contribution < 1.29 is 4.79 Å². The molecule has 4 nitrogen and oxygen atoms in total. The molecule has 1 heterocycles. The van der Waals surface area contributed by atoms with Crippen molar-refractivity contribution in [2.75, 3.05) is 13.1 Å². The quantitative estimate of drug-likeness (QED) is 0.811. The van der Waals surface area contributed by atoms with E-state index in [9.17, 15) is 4.79 Å². The lowest BCUT2D eigenvalue weighted by atomic mass is 10.2. The number of amides is 1. The number of nitrogens with one attached hydrogen (secondary N) is 1. The molecule has 96 valence electrons. The Hall–Kier alpha value is -1.29. The minimum atomic E-state index is -0.134. The van der Waals surface area contributed by atoms with E-state index in [2.05, 4.69) is 16.0 Å². The van der Waals surface area contributed by atoms with Gasteiger partial charge in [0.15, 0.2) is 0 Å². The van der Waals surface area contributed by atoms with Crippen LogP contribution in [0, 0.1) is 0 Å². The average Bonchev–Trinajstić information content (AvgIpc) is 2.73. The van der Waals surface area contributed by atoms with E-state index in [4.69, 9.17) is 0 Å². The number of rotatable bonds is 6. The molecule has 0 spiro atoms. The van der Waals surface area contributed by atoms with Gasteiger partial charge in [0.05, 0.1) is 6.04 Å². The van der Waals surface area contributed by atoms with Crippen LogP contribution in [0.5, 0.6) is 0 Å². The second-order valence-corrected chi connectivity index (χ2v) is 4.22. The molecule has 0 aliphatic heterocycles. The lowest BCUT2D eigenvalue weighted by Gasteiger charge is -2.23. The van der Waals surface area contributed by atoms with E-state index < -0.39 is 0 Å². The normalized spacial score (nSPS) is 12.5. The minimum Gasteiger partial charge on any atom is -0.353 e. The highest BCUT2D eigenvalue weighted by Gasteiger charge is 2.17. The van der Waals surface area contributed by atoms with E-state index in [1.165, 1.54) is 5.69 Å². The maximum atomic E-state index is 12.0. The van der Waals surface area contributed by atoms with Crippen molar-refractivity contribution >= 4 is 5.91 Å². The molecule has 1 aromatic rings. The monoisotopic (exact) mass is 237 g/mol. The van der Waals surface area contributed by atoms with E-state index in [0.29, 0.717) is 0 Å². The summed E-state index contributed by atoms with van der Waals surface area (Å²) in [6, 6.07) is 3.93. The number of aromatic nitrogens is 1. The van der Waals surface area contributed by atoms with Crippen molar-refractivity contribution in [2.45, 2.75) is 33.4 Å². The molecule has 1 unspecified atom stereocenters. The lowest BCUT2D eigenvalue weighted by Crippen LogP contribution is -2.44. The molecule has 0 fully saturated rings. The van der Waals surface area contributed by atoms with Gasteiger partial charge in [-0.15, -0.1) is 0 Å². The molecular weight excluding hydrogens is 214 g/mol. The van der Waals surface area contributed by atoms with Crippen molar-refractivity contribution in [3.05, 3.63) is 24.0 Å². The number of hydrogen-bond donors (Lipinski definition) is 1. The fraction of sp³-hybridized carbons (Fsp3) is 0.615. The number of carbonyl (C=O) groups excluding carboxylic acids is 1. The minimum absolute atomic E-state index is 0.134. The van der Waals surface area contributed by atoms with Crippen molar-refractivity contribution in [3.63, 3.8) is 0 Å². The van der Waals surface area contributed by atoms with Crippen molar-refractivity contribution in [1.29, 1.82) is 0 Å². The topological polar surface area (TPSA) is 37.3 Å². The molecular formula is C13H23N3O. The zero-order chi connectivity index (χ0) is 12.8. The Balaban J connectivity index is 2.47. The first-order chi connectivity index (χ1) is 8.10. The number of nitrogens with zero attached hydrogens (tertiary/aromatic N) is 2. The summed E-state index contributed by atoms with van der Waals surface area (Å²) in [5, 5.41) is 3.26. The number of aryl methyl sites for hydroxylation is 1. The highest BCUT2D eigenvalue weighted by Crippen LogP contribution is 2.01. The van der Waals surface area contributed by atoms with Gasteiger partial charge >= 0.3 is 0 Å². The first-order valence-corrected chi connectivity index (χ1v) is 6.22. The molecule has 1 rings (SSSR count). The molecule has 0 radical (unpaired) electrons. The SMILES string of the molecule is CCN(CC)C(=O)C(C)NCc1cccn1C. The fourth-order valence-corrected chi connectivity index (χ4v) is 1.83. The van der Waals surface area contributed by atoms with Gasteiger partial charge in [-0.05, 0) is 32.9 Å². The van der Waals surface area contributed by atoms with Crippen LogP contribution in [0.15, 0.2) is 18.3 Å². The molecule has 0 aliphatic rings. The van der Waals surface area contributed by atoms with Crippen LogP contribution < -0.4 is 5.32 Å². The lowest BCUT2D eigenvalue weighted by molar-refractivity contribution is -0.132. The average molecular weight is 237 g/mol. The molecule has 17 heavy (non-hydrogen) atoms. The summed E-state index contributed by atoms with van der Waals surface area (Å²) in [4.78, 5) is 13.9. The van der Waals surface area contributed by atoms with Gasteiger partial charge in [0.2, 0.25) is 5.91 Å². The molecule has 0 aliphatic carbocycles. The highest BCUT2D eigenvalue weighted by molar-refractivity contribution is 5.81. The predicted octanol–water partition coefficient (Wildman–Crippen LogP) is 1.37. The summed E-state index contributed by atoms with van der Waals surface area (Å²) < 4.78 is 2.06. The zero-order valence-electron chi connectivity index (χ0n) is 11.2. The van der Waals surface area contributed by atoms with Crippen LogP contribution >= 0.6 is 0 Å². The molecule has 1 atom stereocenters. The molecule has 1 amide bonds. The first-order valence-electron chi connectivity index (χ1n) is 6.22. The fourth-order valence-electron chi connectivity index (χ4n) is 1.83. The smallest absolute Gasteiger partial charge is 0.239 e. The van der Waals surface area contributed by atoms with E-state index in [1.807, 2.05) is 45.0 Å². The van der Waals surface area contributed by atoms with Crippen LogP contribution in [-0.4, -0.2) is 34.5 Å². The van der Waals surface area contributed by atoms with Crippen LogP contribution in [-0.2, 0) is 18.4 Å². The Bertz CT molecular complexity index is 355. The van der Waals surface area contributed by atoms with Crippen molar-refractivity contribution in [1.82, 2.24) is 14.8 Å². The largest absolute Gasteiger partial charge is 0.353 e. The zero-order valence-corrected chi connectivity index (χ0v) is 11.2. The molecule has 1 aromatic heterocycles. The third kappa shape index (κ3) is 3.60. The van der Waals surface area contributed by atoms with Gasteiger partial charge in [-0.3, -0.25) is 4.79 Å². The van der Waals surface area contributed by atoms with Gasteiger partial charge in [0.1, 0.15) is 0 Å². The maximum absolute atomic E-state index is 12.0. The third-order valence-electron chi connectivity index (χ3n) is 3.09. The van der Waals surface area contributed by atoms with Crippen LogP contribution in [0.3, 0.4) is 0 Å². The summed E-state index contributed by atoms with van der Waals surface area (Å²) in [5.41, 5.74) is 1.18. The Morgan fingerprint density at radius 3 is 2.59 bits per heavy atom. The summed E-state index contributed by atoms with van der Waals surface area (Å²) in [6.07, 6.45) is 2.01. The summed E-state index contributed by atoms with van der Waals surface area (Å²) >= 11 is 0. The molecule has 1 N–H and O–H groups in total. The molecule has 0 aromatic carbocycles. The van der Waals surface area contributed by atoms with Crippen molar-refractivity contribution in [3.8, 4) is 0 Å². The van der Waals surface area contributed by atoms with Gasteiger partial charge in [0, 0.05) is 38.6 Å². The first kappa shape index (κ1) is 13.8. The predicted molar refractivity (Wildman–Crippen MR) is 69.6 cm³/mol. The highest BCUT2D eigenvalue weighted by atomic mass is 16.2. The summed E-state index contributed by atoms with van der Waals surface area (Å²) in [6.45, 7) is 8.19. The summed E-state index contributed by atoms with van der Waals surface area (Å²) in [5.74, 6) is 0.171. The Morgan fingerprint density at radius 1 is 1.47 bits per heavy atom. The van der Waals surface area contributed by atoms with Gasteiger partial charge in [-0.2, -0.15) is 0 Å². The molecule has 0 saturated heterocycles. The second-order valence-electron chi connectivity index (χ2n) is 4.22. The standard InChI is InChI=1S/C13H23N3O/c1-5-16(6-2)13(17)11(3)14-10-12-8-7-9-15(12)4/h7-9,11,14H,5-6,10H2,1-4H3. The van der Waals surface area contributed by atoms with Gasteiger partial charge in [-0.1, -0.05) is 0 Å². The van der Waals surface area contributed by atoms with Crippen LogP contribution in [0.4, 0.5) is 0 Å². The number of hydrogen-bond acceptors (Lipinski definition) is 2. The van der Waals surface area contributed by atoms with Crippen LogP contribution in [0.1, 0.15) is 26.5 Å². The molecule has 4 heteroatoms.